The molecule has 27 heavy (non-hydrogen) atoms. The molecule has 0 aromatic heterocycles. The van der Waals surface area contributed by atoms with Gasteiger partial charge in [-0.3, -0.25) is 9.52 Å². The van der Waals surface area contributed by atoms with Gasteiger partial charge in [-0.25, -0.2) is 8.42 Å². The zero-order valence-corrected chi connectivity index (χ0v) is 16.6. The van der Waals surface area contributed by atoms with Crippen molar-refractivity contribution in [3.05, 3.63) is 48.0 Å². The summed E-state index contributed by atoms with van der Waals surface area (Å²) in [6.45, 7) is 6.03. The van der Waals surface area contributed by atoms with Gasteiger partial charge in [-0.1, -0.05) is 0 Å². The second-order valence-corrected chi connectivity index (χ2v) is 7.74. The Morgan fingerprint density at radius 1 is 1.11 bits per heavy atom. The number of amides is 1. The molecule has 8 heteroatoms. The standard InChI is InChI=1S/C19H24N2O5S/c1-5-26-15-8-6-14(7-9-15)21-27(23,24)16-10-11-18(25-4)17(12-16)19(22)20-13(2)3/h6-13,21H,5H2,1-4H3,(H,20,22). The molecule has 2 N–H and O–H groups in total. The molecule has 0 aliphatic rings. The highest BCUT2D eigenvalue weighted by atomic mass is 32.2. The van der Waals surface area contributed by atoms with Crippen molar-refractivity contribution in [2.24, 2.45) is 0 Å². The average molecular weight is 392 g/mol. The van der Waals surface area contributed by atoms with Gasteiger partial charge in [-0.2, -0.15) is 0 Å². The summed E-state index contributed by atoms with van der Waals surface area (Å²) >= 11 is 0. The number of anilines is 1. The predicted octanol–water partition coefficient (Wildman–Crippen LogP) is 3.03. The summed E-state index contributed by atoms with van der Waals surface area (Å²) in [4.78, 5) is 12.3. The van der Waals surface area contributed by atoms with Gasteiger partial charge in [0.05, 0.1) is 24.2 Å². The summed E-state index contributed by atoms with van der Waals surface area (Å²) in [5, 5.41) is 2.73. The molecule has 0 unspecified atom stereocenters. The lowest BCUT2D eigenvalue weighted by Gasteiger charge is -2.14. The third-order valence-electron chi connectivity index (χ3n) is 3.56. The molecule has 1 amide bonds. The van der Waals surface area contributed by atoms with Gasteiger partial charge < -0.3 is 14.8 Å². The fourth-order valence-electron chi connectivity index (χ4n) is 2.37. The van der Waals surface area contributed by atoms with Crippen molar-refractivity contribution < 1.29 is 22.7 Å². The van der Waals surface area contributed by atoms with E-state index in [1.807, 2.05) is 20.8 Å². The molecule has 0 radical (unpaired) electrons. The quantitative estimate of drug-likeness (QED) is 0.720. The first kappa shape index (κ1) is 20.6. The number of ether oxygens (including phenoxy) is 2. The number of nitrogens with one attached hydrogen (secondary N) is 2. The first-order chi connectivity index (χ1) is 12.8. The summed E-state index contributed by atoms with van der Waals surface area (Å²) < 4.78 is 38.4. The molecule has 0 aliphatic carbocycles. The maximum atomic E-state index is 12.7. The molecule has 146 valence electrons. The molecule has 0 saturated carbocycles. The Bertz CT molecular complexity index is 893. The SMILES string of the molecule is CCOc1ccc(NS(=O)(=O)c2ccc(OC)c(C(=O)NC(C)C)c2)cc1. The molecule has 0 heterocycles. The summed E-state index contributed by atoms with van der Waals surface area (Å²) in [6.07, 6.45) is 0. The number of carbonyl (C=O) groups excluding carboxylic acids is 1. The molecule has 2 aromatic rings. The molecule has 7 nitrogen and oxygen atoms in total. The van der Waals surface area contributed by atoms with Gasteiger partial charge in [0.2, 0.25) is 0 Å². The molecule has 0 spiro atoms. The number of methoxy groups -OCH3 is 1. The van der Waals surface area contributed by atoms with Crippen molar-refractivity contribution in [1.29, 1.82) is 0 Å². The second kappa shape index (κ2) is 8.77. The van der Waals surface area contributed by atoms with E-state index in [2.05, 4.69) is 10.0 Å². The summed E-state index contributed by atoms with van der Waals surface area (Å²) in [5.74, 6) is 0.547. The number of benzene rings is 2. The van der Waals surface area contributed by atoms with Crippen LogP contribution in [0.1, 0.15) is 31.1 Å². The second-order valence-electron chi connectivity index (χ2n) is 6.05. The highest BCUT2D eigenvalue weighted by molar-refractivity contribution is 7.92. The van der Waals surface area contributed by atoms with Crippen LogP contribution in [0, 0.1) is 0 Å². The molecule has 0 bridgehead atoms. The highest BCUT2D eigenvalue weighted by Crippen LogP contribution is 2.25. The molecule has 0 saturated heterocycles. The van der Waals surface area contributed by atoms with E-state index in [4.69, 9.17) is 9.47 Å². The Balaban J connectivity index is 2.30. The summed E-state index contributed by atoms with van der Waals surface area (Å²) in [5.41, 5.74) is 0.545. The number of hydrogen-bond acceptors (Lipinski definition) is 5. The van der Waals surface area contributed by atoms with Crippen LogP contribution in [-0.2, 0) is 10.0 Å². The van der Waals surface area contributed by atoms with Crippen molar-refractivity contribution >= 4 is 21.6 Å². The fraction of sp³-hybridized carbons (Fsp3) is 0.316. The summed E-state index contributed by atoms with van der Waals surface area (Å²) in [6, 6.07) is 10.6. The van der Waals surface area contributed by atoms with E-state index in [-0.39, 0.29) is 16.5 Å². The molecule has 2 rings (SSSR count). The van der Waals surface area contributed by atoms with Crippen LogP contribution in [0.15, 0.2) is 47.4 Å². The lowest BCUT2D eigenvalue weighted by Crippen LogP contribution is -2.30. The third kappa shape index (κ3) is 5.37. The van der Waals surface area contributed by atoms with E-state index >= 15 is 0 Å². The van der Waals surface area contributed by atoms with Crippen LogP contribution in [0.4, 0.5) is 5.69 Å². The minimum Gasteiger partial charge on any atom is -0.496 e. The first-order valence-electron chi connectivity index (χ1n) is 8.51. The Morgan fingerprint density at radius 3 is 2.33 bits per heavy atom. The Hall–Kier alpha value is -2.74. The first-order valence-corrected chi connectivity index (χ1v) is 9.99. The van der Waals surface area contributed by atoms with Crippen molar-refractivity contribution in [2.45, 2.75) is 31.7 Å². The maximum Gasteiger partial charge on any atom is 0.261 e. The molecular weight excluding hydrogens is 368 g/mol. The summed E-state index contributed by atoms with van der Waals surface area (Å²) in [7, 11) is -2.45. The number of carbonyl (C=O) groups is 1. The van der Waals surface area contributed by atoms with Crippen LogP contribution in [-0.4, -0.2) is 34.1 Å². The van der Waals surface area contributed by atoms with Gasteiger partial charge in [-0.15, -0.1) is 0 Å². The monoisotopic (exact) mass is 392 g/mol. The predicted molar refractivity (Wildman–Crippen MR) is 104 cm³/mol. The van der Waals surface area contributed by atoms with Crippen LogP contribution in [0.3, 0.4) is 0 Å². The smallest absolute Gasteiger partial charge is 0.261 e. The lowest BCUT2D eigenvalue weighted by molar-refractivity contribution is 0.0940. The largest absolute Gasteiger partial charge is 0.496 e. The van der Waals surface area contributed by atoms with Gasteiger partial charge in [0.15, 0.2) is 0 Å². The van der Waals surface area contributed by atoms with Crippen molar-refractivity contribution in [3.8, 4) is 11.5 Å². The van der Waals surface area contributed by atoms with E-state index in [0.29, 0.717) is 23.8 Å². The van der Waals surface area contributed by atoms with Gasteiger partial charge in [0.25, 0.3) is 15.9 Å². The van der Waals surface area contributed by atoms with Crippen LogP contribution in [0.2, 0.25) is 0 Å². The molecule has 0 fully saturated rings. The van der Waals surface area contributed by atoms with Gasteiger partial charge in [0, 0.05) is 11.7 Å². The van der Waals surface area contributed by atoms with Gasteiger partial charge in [-0.05, 0) is 63.2 Å². The van der Waals surface area contributed by atoms with E-state index in [1.165, 1.54) is 25.3 Å². The van der Waals surface area contributed by atoms with Crippen LogP contribution in [0.25, 0.3) is 0 Å². The molecule has 0 atom stereocenters. The zero-order chi connectivity index (χ0) is 20.0. The van der Waals surface area contributed by atoms with Crippen LogP contribution >= 0.6 is 0 Å². The van der Waals surface area contributed by atoms with E-state index in [1.54, 1.807) is 24.3 Å². The average Bonchev–Trinajstić information content (AvgIpc) is 2.62. The molecule has 2 aromatic carbocycles. The van der Waals surface area contributed by atoms with Gasteiger partial charge in [0.1, 0.15) is 11.5 Å². The minimum atomic E-state index is -3.87. The highest BCUT2D eigenvalue weighted by Gasteiger charge is 2.20. The third-order valence-corrected chi connectivity index (χ3v) is 4.94. The van der Waals surface area contributed by atoms with Crippen molar-refractivity contribution in [2.75, 3.05) is 18.4 Å². The Kier molecular flexibility index (Phi) is 6.68. The van der Waals surface area contributed by atoms with Crippen molar-refractivity contribution in [1.82, 2.24) is 5.32 Å². The number of sulfonamides is 1. The van der Waals surface area contributed by atoms with Crippen LogP contribution in [0.5, 0.6) is 11.5 Å². The van der Waals surface area contributed by atoms with E-state index in [0.717, 1.165) is 0 Å². The Morgan fingerprint density at radius 2 is 1.78 bits per heavy atom. The molecule has 0 aliphatic heterocycles. The molecular formula is C19H24N2O5S. The number of rotatable bonds is 8. The maximum absolute atomic E-state index is 12.7. The van der Waals surface area contributed by atoms with Gasteiger partial charge >= 0.3 is 0 Å². The normalized spacial score (nSPS) is 11.1. The lowest BCUT2D eigenvalue weighted by atomic mass is 10.2. The van der Waals surface area contributed by atoms with E-state index in [9.17, 15) is 13.2 Å². The van der Waals surface area contributed by atoms with E-state index < -0.39 is 15.9 Å². The minimum absolute atomic E-state index is 0.0360. The van der Waals surface area contributed by atoms with Crippen molar-refractivity contribution in [3.63, 3.8) is 0 Å². The zero-order valence-electron chi connectivity index (χ0n) is 15.8. The Labute approximate surface area is 159 Å². The number of hydrogen-bond donors (Lipinski definition) is 2. The van der Waals surface area contributed by atoms with Crippen LogP contribution < -0.4 is 19.5 Å². The topological polar surface area (TPSA) is 93.7 Å². The fourth-order valence-corrected chi connectivity index (χ4v) is 3.46.